The number of aryl methyl sites for hydroxylation is 2. The molecule has 0 radical (unpaired) electrons. The molecule has 2 nitrogen and oxygen atoms in total. The highest BCUT2D eigenvalue weighted by atomic mass is 14.8. The summed E-state index contributed by atoms with van der Waals surface area (Å²) in [4.78, 5) is 8.93. The van der Waals surface area contributed by atoms with E-state index in [9.17, 15) is 0 Å². The molecule has 0 amide bonds. The van der Waals surface area contributed by atoms with Crippen molar-refractivity contribution >= 4 is 12.2 Å². The maximum absolute atomic E-state index is 4.49. The summed E-state index contributed by atoms with van der Waals surface area (Å²) in [7, 11) is 0. The Kier molecular flexibility index (Phi) is 4.19. The average Bonchev–Trinajstić information content (AvgIpc) is 2.63. The molecule has 25 heavy (non-hydrogen) atoms. The van der Waals surface area contributed by atoms with Gasteiger partial charge in [0.1, 0.15) is 0 Å². The van der Waals surface area contributed by atoms with Crippen molar-refractivity contribution in [3.63, 3.8) is 0 Å². The van der Waals surface area contributed by atoms with Crippen LogP contribution in [0.3, 0.4) is 0 Å². The molecule has 124 valence electrons. The standard InChI is InChI=1S/C23H22N2/c1-3-17-13-19(7-6-18-5-4-16(2)12-21(18)14-17)20-8-9-22-23(15-20)25-11-10-24-22/h3-7,10-13,15H,8-9,14H2,1-2H3/b7-6-,17-3-,19-13+. The monoisotopic (exact) mass is 326 g/mol. The number of hydrogen-bond acceptors (Lipinski definition) is 2. The molecule has 1 aromatic carbocycles. The van der Waals surface area contributed by atoms with Gasteiger partial charge in [0.05, 0.1) is 11.4 Å². The predicted octanol–water partition coefficient (Wildman–Crippen LogP) is 5.26. The fourth-order valence-corrected chi connectivity index (χ4v) is 3.54. The van der Waals surface area contributed by atoms with E-state index in [0.717, 1.165) is 30.7 Å². The molecular weight excluding hydrogens is 304 g/mol. The molecule has 0 aliphatic heterocycles. The minimum Gasteiger partial charge on any atom is -0.257 e. The van der Waals surface area contributed by atoms with Gasteiger partial charge in [-0.1, -0.05) is 48.1 Å². The number of fused-ring (bicyclic) bond motifs is 2. The predicted molar refractivity (Wildman–Crippen MR) is 104 cm³/mol. The van der Waals surface area contributed by atoms with E-state index in [1.54, 1.807) is 12.4 Å². The summed E-state index contributed by atoms with van der Waals surface area (Å²) in [5, 5.41) is 0. The topological polar surface area (TPSA) is 25.8 Å². The van der Waals surface area contributed by atoms with E-state index in [2.05, 4.69) is 72.4 Å². The number of aromatic nitrogens is 2. The third-order valence-corrected chi connectivity index (χ3v) is 4.97. The minimum atomic E-state index is 0.959. The van der Waals surface area contributed by atoms with Crippen molar-refractivity contribution in [3.8, 4) is 0 Å². The summed E-state index contributed by atoms with van der Waals surface area (Å²) >= 11 is 0. The SMILES string of the molecule is C/C=C1/C=C(C2=Cc3nccnc3CC2)\C=C/c2ccc(C)cc2C1. The minimum absolute atomic E-state index is 0.959. The van der Waals surface area contributed by atoms with Crippen molar-refractivity contribution in [2.45, 2.75) is 33.1 Å². The van der Waals surface area contributed by atoms with Gasteiger partial charge in [0.15, 0.2) is 0 Å². The van der Waals surface area contributed by atoms with Crippen LogP contribution in [0.5, 0.6) is 0 Å². The lowest BCUT2D eigenvalue weighted by Crippen LogP contribution is -2.05. The highest BCUT2D eigenvalue weighted by molar-refractivity contribution is 5.68. The van der Waals surface area contributed by atoms with Crippen molar-refractivity contribution in [2.75, 3.05) is 0 Å². The number of hydrogen-bond donors (Lipinski definition) is 0. The molecule has 0 fully saturated rings. The zero-order valence-electron chi connectivity index (χ0n) is 14.8. The van der Waals surface area contributed by atoms with E-state index in [1.165, 1.54) is 33.4 Å². The number of benzene rings is 1. The van der Waals surface area contributed by atoms with Crippen molar-refractivity contribution in [1.29, 1.82) is 0 Å². The first-order valence-corrected chi connectivity index (χ1v) is 8.88. The molecule has 0 saturated heterocycles. The molecule has 0 unspecified atom stereocenters. The maximum Gasteiger partial charge on any atom is 0.0848 e. The fraction of sp³-hybridized carbons (Fsp3) is 0.217. The normalized spacial score (nSPS) is 21.3. The zero-order valence-corrected chi connectivity index (χ0v) is 14.8. The first kappa shape index (κ1) is 15.8. The molecule has 0 bridgehead atoms. The molecule has 4 rings (SSSR count). The van der Waals surface area contributed by atoms with Crippen molar-refractivity contribution in [3.05, 3.63) is 93.6 Å². The lowest BCUT2D eigenvalue weighted by atomic mass is 9.88. The van der Waals surface area contributed by atoms with Gasteiger partial charge in [-0.25, -0.2) is 0 Å². The average molecular weight is 326 g/mol. The number of allylic oxidation sites excluding steroid dienone is 6. The second kappa shape index (κ2) is 6.64. The van der Waals surface area contributed by atoms with E-state index >= 15 is 0 Å². The van der Waals surface area contributed by atoms with Gasteiger partial charge in [-0.15, -0.1) is 0 Å². The third-order valence-electron chi connectivity index (χ3n) is 4.97. The molecule has 0 spiro atoms. The lowest BCUT2D eigenvalue weighted by molar-refractivity contribution is 0.873. The molecule has 1 aromatic heterocycles. The first-order valence-electron chi connectivity index (χ1n) is 8.88. The van der Waals surface area contributed by atoms with Gasteiger partial charge in [-0.3, -0.25) is 9.97 Å². The first-order chi connectivity index (χ1) is 12.2. The Balaban J connectivity index is 1.77. The molecule has 2 aliphatic rings. The van der Waals surface area contributed by atoms with Crippen molar-refractivity contribution in [2.24, 2.45) is 0 Å². The van der Waals surface area contributed by atoms with Crippen LogP contribution in [0.4, 0.5) is 0 Å². The van der Waals surface area contributed by atoms with Gasteiger partial charge in [-0.05, 0) is 67.0 Å². The summed E-state index contributed by atoms with van der Waals surface area (Å²) in [6.07, 6.45) is 17.8. The summed E-state index contributed by atoms with van der Waals surface area (Å²) in [6.45, 7) is 4.28. The molecule has 2 aliphatic carbocycles. The van der Waals surface area contributed by atoms with Crippen molar-refractivity contribution < 1.29 is 0 Å². The fourth-order valence-electron chi connectivity index (χ4n) is 3.54. The Hall–Kier alpha value is -2.74. The maximum atomic E-state index is 4.49. The van der Waals surface area contributed by atoms with E-state index in [4.69, 9.17) is 0 Å². The van der Waals surface area contributed by atoms with Crippen LogP contribution in [-0.2, 0) is 12.8 Å². The summed E-state index contributed by atoms with van der Waals surface area (Å²) in [6, 6.07) is 6.72. The number of rotatable bonds is 1. The molecule has 2 aromatic rings. The van der Waals surface area contributed by atoms with Crippen LogP contribution in [0, 0.1) is 6.92 Å². The quantitative estimate of drug-likeness (QED) is 0.714. The van der Waals surface area contributed by atoms with E-state index in [-0.39, 0.29) is 0 Å². The van der Waals surface area contributed by atoms with Gasteiger partial charge in [0, 0.05) is 12.4 Å². The molecule has 0 N–H and O–H groups in total. The number of nitrogens with zero attached hydrogens (tertiary/aromatic N) is 2. The molecule has 0 atom stereocenters. The molecule has 2 heteroatoms. The molecule has 0 saturated carbocycles. The van der Waals surface area contributed by atoms with Crippen LogP contribution >= 0.6 is 0 Å². The Bertz CT molecular complexity index is 942. The zero-order chi connectivity index (χ0) is 17.2. The third kappa shape index (κ3) is 3.25. The van der Waals surface area contributed by atoms with Crippen molar-refractivity contribution in [1.82, 2.24) is 9.97 Å². The van der Waals surface area contributed by atoms with E-state index in [0.29, 0.717) is 0 Å². The summed E-state index contributed by atoms with van der Waals surface area (Å²) < 4.78 is 0. The van der Waals surface area contributed by atoms with Gasteiger partial charge in [0.25, 0.3) is 0 Å². The van der Waals surface area contributed by atoms with Gasteiger partial charge in [-0.2, -0.15) is 0 Å². The van der Waals surface area contributed by atoms with E-state index < -0.39 is 0 Å². The molecular formula is C23H22N2. The Morgan fingerprint density at radius 3 is 2.76 bits per heavy atom. The van der Waals surface area contributed by atoms with Gasteiger partial charge in [0.2, 0.25) is 0 Å². The summed E-state index contributed by atoms with van der Waals surface area (Å²) in [5.41, 5.74) is 10.1. The van der Waals surface area contributed by atoms with E-state index in [1.807, 2.05) is 0 Å². The second-order valence-electron chi connectivity index (χ2n) is 6.73. The van der Waals surface area contributed by atoms with Crippen LogP contribution in [-0.4, -0.2) is 9.97 Å². The highest BCUT2D eigenvalue weighted by Gasteiger charge is 2.15. The summed E-state index contributed by atoms with van der Waals surface area (Å²) in [5.74, 6) is 0. The Morgan fingerprint density at radius 1 is 1.00 bits per heavy atom. The van der Waals surface area contributed by atoms with Gasteiger partial charge < -0.3 is 0 Å². The smallest absolute Gasteiger partial charge is 0.0848 e. The van der Waals surface area contributed by atoms with Gasteiger partial charge >= 0.3 is 0 Å². The molecule has 1 heterocycles. The van der Waals surface area contributed by atoms with Crippen LogP contribution < -0.4 is 0 Å². The highest BCUT2D eigenvalue weighted by Crippen LogP contribution is 2.30. The largest absolute Gasteiger partial charge is 0.257 e. The van der Waals surface area contributed by atoms with Crippen LogP contribution in [0.2, 0.25) is 0 Å². The Morgan fingerprint density at radius 2 is 1.88 bits per heavy atom. The van der Waals surface area contributed by atoms with Crippen LogP contribution in [0.15, 0.2) is 65.5 Å². The van der Waals surface area contributed by atoms with Crippen LogP contribution in [0.1, 0.15) is 41.4 Å². The Labute approximate surface area is 149 Å². The lowest BCUT2D eigenvalue weighted by Gasteiger charge is -2.18. The second-order valence-corrected chi connectivity index (χ2v) is 6.73. The van der Waals surface area contributed by atoms with Crippen LogP contribution in [0.25, 0.3) is 12.2 Å².